The summed E-state index contributed by atoms with van der Waals surface area (Å²) in [6.07, 6.45) is 2.46. The van der Waals surface area contributed by atoms with Gasteiger partial charge in [-0.25, -0.2) is 0 Å². The van der Waals surface area contributed by atoms with E-state index in [9.17, 15) is 9.59 Å². The molecule has 0 unspecified atom stereocenters. The zero-order chi connectivity index (χ0) is 14.7. The molecule has 1 aromatic heterocycles. The van der Waals surface area contributed by atoms with Crippen LogP contribution in [-0.4, -0.2) is 30.9 Å². The quantitative estimate of drug-likeness (QED) is 0.802. The fourth-order valence-electron chi connectivity index (χ4n) is 2.83. The van der Waals surface area contributed by atoms with Crippen molar-refractivity contribution in [3.05, 3.63) is 21.9 Å². The molecule has 1 aliphatic carbocycles. The lowest BCUT2D eigenvalue weighted by Gasteiger charge is -2.24. The maximum atomic E-state index is 12.5. The molecule has 0 radical (unpaired) electrons. The molecule has 1 saturated carbocycles. The molecule has 5 heteroatoms. The van der Waals surface area contributed by atoms with Gasteiger partial charge in [0, 0.05) is 11.9 Å². The highest BCUT2D eigenvalue weighted by molar-refractivity contribution is 7.10. The molecule has 20 heavy (non-hydrogen) atoms. The molecule has 2 rings (SSSR count). The molecule has 0 N–H and O–H groups in total. The molecule has 0 aliphatic heterocycles. The van der Waals surface area contributed by atoms with Crippen molar-refractivity contribution in [2.75, 3.05) is 14.2 Å². The van der Waals surface area contributed by atoms with Crippen LogP contribution in [0, 0.1) is 18.8 Å². The van der Waals surface area contributed by atoms with E-state index < -0.39 is 0 Å². The SMILES string of the molecule is COC(=O)[C@H]1CCC[C@@H]1C(=O)N(C)Cc1sccc1C. The molecule has 1 amide bonds. The van der Waals surface area contributed by atoms with Crippen molar-refractivity contribution in [1.82, 2.24) is 4.90 Å². The lowest BCUT2D eigenvalue weighted by molar-refractivity contribution is -0.151. The highest BCUT2D eigenvalue weighted by Crippen LogP contribution is 2.34. The van der Waals surface area contributed by atoms with Crippen molar-refractivity contribution in [2.24, 2.45) is 11.8 Å². The molecule has 1 aromatic rings. The molecule has 4 nitrogen and oxygen atoms in total. The summed E-state index contributed by atoms with van der Waals surface area (Å²) in [5, 5.41) is 2.04. The number of ether oxygens (including phenoxy) is 1. The van der Waals surface area contributed by atoms with Crippen LogP contribution in [0.25, 0.3) is 0 Å². The molecule has 0 saturated heterocycles. The van der Waals surface area contributed by atoms with E-state index >= 15 is 0 Å². The number of thiophene rings is 1. The van der Waals surface area contributed by atoms with Crippen LogP contribution >= 0.6 is 11.3 Å². The van der Waals surface area contributed by atoms with Crippen LogP contribution in [0.5, 0.6) is 0 Å². The first-order valence-corrected chi connectivity index (χ1v) is 7.78. The average Bonchev–Trinajstić information content (AvgIpc) is 3.06. The van der Waals surface area contributed by atoms with Crippen molar-refractivity contribution >= 4 is 23.2 Å². The molecule has 1 fully saturated rings. The summed E-state index contributed by atoms with van der Waals surface area (Å²) < 4.78 is 4.81. The minimum atomic E-state index is -0.264. The van der Waals surface area contributed by atoms with E-state index in [0.717, 1.165) is 19.3 Å². The molecule has 0 aromatic carbocycles. The Balaban J connectivity index is 2.03. The number of hydrogen-bond donors (Lipinski definition) is 0. The van der Waals surface area contributed by atoms with Crippen LogP contribution in [0.1, 0.15) is 29.7 Å². The number of methoxy groups -OCH3 is 1. The van der Waals surface area contributed by atoms with Gasteiger partial charge in [0.25, 0.3) is 0 Å². The Morgan fingerprint density at radius 1 is 1.40 bits per heavy atom. The number of carbonyl (C=O) groups excluding carboxylic acids is 2. The summed E-state index contributed by atoms with van der Waals surface area (Å²) >= 11 is 1.66. The van der Waals surface area contributed by atoms with Crippen molar-refractivity contribution in [2.45, 2.75) is 32.7 Å². The van der Waals surface area contributed by atoms with Crippen LogP contribution in [0.15, 0.2) is 11.4 Å². The summed E-state index contributed by atoms with van der Waals surface area (Å²) in [6, 6.07) is 2.06. The topological polar surface area (TPSA) is 46.6 Å². The third-order valence-electron chi connectivity index (χ3n) is 4.06. The van der Waals surface area contributed by atoms with E-state index in [4.69, 9.17) is 4.74 Å². The van der Waals surface area contributed by atoms with E-state index in [2.05, 4.69) is 13.0 Å². The number of hydrogen-bond acceptors (Lipinski definition) is 4. The van der Waals surface area contributed by atoms with Gasteiger partial charge in [-0.05, 0) is 36.8 Å². The number of carbonyl (C=O) groups is 2. The van der Waals surface area contributed by atoms with Crippen molar-refractivity contribution in [1.29, 1.82) is 0 Å². The van der Waals surface area contributed by atoms with Gasteiger partial charge in [0.15, 0.2) is 0 Å². The Hall–Kier alpha value is -1.36. The summed E-state index contributed by atoms with van der Waals surface area (Å²) in [4.78, 5) is 27.2. The predicted octanol–water partition coefficient (Wildman–Crippen LogP) is 2.60. The second-order valence-electron chi connectivity index (χ2n) is 5.39. The van der Waals surface area contributed by atoms with E-state index in [1.54, 1.807) is 16.2 Å². The van der Waals surface area contributed by atoms with E-state index in [0.29, 0.717) is 6.54 Å². The van der Waals surface area contributed by atoms with Gasteiger partial charge in [-0.2, -0.15) is 0 Å². The molecule has 110 valence electrons. The molecule has 2 atom stereocenters. The van der Waals surface area contributed by atoms with Crippen LogP contribution in [0.2, 0.25) is 0 Å². The smallest absolute Gasteiger partial charge is 0.309 e. The van der Waals surface area contributed by atoms with E-state index in [1.165, 1.54) is 17.6 Å². The lowest BCUT2D eigenvalue weighted by atomic mass is 9.95. The second kappa shape index (κ2) is 6.39. The Morgan fingerprint density at radius 3 is 2.70 bits per heavy atom. The third-order valence-corrected chi connectivity index (χ3v) is 5.07. The van der Waals surface area contributed by atoms with E-state index in [1.807, 2.05) is 12.4 Å². The summed E-state index contributed by atoms with van der Waals surface area (Å²) in [7, 11) is 3.20. The standard InChI is InChI=1S/C15H21NO3S/c1-10-7-8-20-13(10)9-16(2)14(17)11-5-4-6-12(11)15(18)19-3/h7-8,11-12H,4-6,9H2,1-3H3/t11-,12-/m0/s1. The second-order valence-corrected chi connectivity index (χ2v) is 6.39. The number of nitrogens with zero attached hydrogens (tertiary/aromatic N) is 1. The first kappa shape index (κ1) is 15.0. The highest BCUT2D eigenvalue weighted by atomic mass is 32.1. The monoisotopic (exact) mass is 295 g/mol. The Bertz CT molecular complexity index is 497. The highest BCUT2D eigenvalue weighted by Gasteiger charge is 2.39. The van der Waals surface area contributed by atoms with Gasteiger partial charge in [0.05, 0.1) is 25.5 Å². The van der Waals surface area contributed by atoms with Gasteiger partial charge in [-0.3, -0.25) is 9.59 Å². The first-order valence-electron chi connectivity index (χ1n) is 6.90. The van der Waals surface area contributed by atoms with Crippen molar-refractivity contribution in [3.8, 4) is 0 Å². The zero-order valence-corrected chi connectivity index (χ0v) is 13.0. The molecule has 0 bridgehead atoms. The Kier molecular flexibility index (Phi) is 4.81. The van der Waals surface area contributed by atoms with Gasteiger partial charge in [-0.15, -0.1) is 11.3 Å². The molecule has 1 heterocycles. The summed E-state index contributed by atoms with van der Waals surface area (Å²) in [6.45, 7) is 2.67. The summed E-state index contributed by atoms with van der Waals surface area (Å²) in [5.74, 6) is -0.667. The normalized spacial score (nSPS) is 21.8. The van der Waals surface area contributed by atoms with Gasteiger partial charge >= 0.3 is 5.97 Å². The minimum Gasteiger partial charge on any atom is -0.469 e. The molecule has 0 spiro atoms. The number of rotatable bonds is 4. The molecule has 1 aliphatic rings. The minimum absolute atomic E-state index is 0.0608. The molecular weight excluding hydrogens is 274 g/mol. The fraction of sp³-hybridized carbons (Fsp3) is 0.600. The van der Waals surface area contributed by atoms with Gasteiger partial charge in [-0.1, -0.05) is 6.42 Å². The van der Waals surface area contributed by atoms with Gasteiger partial charge < -0.3 is 9.64 Å². The predicted molar refractivity (Wildman–Crippen MR) is 78.4 cm³/mol. The van der Waals surface area contributed by atoms with Gasteiger partial charge in [0.1, 0.15) is 0 Å². The maximum Gasteiger partial charge on any atom is 0.309 e. The Morgan fingerprint density at radius 2 is 2.10 bits per heavy atom. The van der Waals surface area contributed by atoms with Crippen LogP contribution in [0.3, 0.4) is 0 Å². The van der Waals surface area contributed by atoms with Crippen molar-refractivity contribution in [3.63, 3.8) is 0 Å². The third kappa shape index (κ3) is 3.03. The first-order chi connectivity index (χ1) is 9.54. The average molecular weight is 295 g/mol. The largest absolute Gasteiger partial charge is 0.469 e. The zero-order valence-electron chi connectivity index (χ0n) is 12.2. The summed E-state index contributed by atoms with van der Waals surface area (Å²) in [5.41, 5.74) is 1.21. The number of amides is 1. The fourth-order valence-corrected chi connectivity index (χ4v) is 3.79. The van der Waals surface area contributed by atoms with Crippen LogP contribution in [0.4, 0.5) is 0 Å². The van der Waals surface area contributed by atoms with Crippen LogP contribution in [-0.2, 0) is 20.9 Å². The maximum absolute atomic E-state index is 12.5. The van der Waals surface area contributed by atoms with Crippen molar-refractivity contribution < 1.29 is 14.3 Å². The number of aryl methyl sites for hydroxylation is 1. The van der Waals surface area contributed by atoms with Gasteiger partial charge in [0.2, 0.25) is 5.91 Å². The number of esters is 1. The van der Waals surface area contributed by atoms with Crippen LogP contribution < -0.4 is 0 Å². The lowest BCUT2D eigenvalue weighted by Crippen LogP contribution is -2.36. The molecular formula is C15H21NO3S. The van der Waals surface area contributed by atoms with E-state index in [-0.39, 0.29) is 23.7 Å². The Labute approximate surface area is 123 Å².